The van der Waals surface area contributed by atoms with Crippen molar-refractivity contribution >= 4 is 0 Å². The van der Waals surface area contributed by atoms with Crippen LogP contribution in [0.15, 0.2) is 49.1 Å². The van der Waals surface area contributed by atoms with Crippen LogP contribution in [0.1, 0.15) is 49.7 Å². The molecule has 1 spiro atoms. The Morgan fingerprint density at radius 2 is 1.75 bits per heavy atom. The van der Waals surface area contributed by atoms with Gasteiger partial charge in [0.1, 0.15) is 6.33 Å². The summed E-state index contributed by atoms with van der Waals surface area (Å²) in [6.07, 6.45) is 13.4. The van der Waals surface area contributed by atoms with Crippen LogP contribution < -0.4 is 0 Å². The van der Waals surface area contributed by atoms with Crippen molar-refractivity contribution in [1.29, 1.82) is 0 Å². The summed E-state index contributed by atoms with van der Waals surface area (Å²) in [5, 5.41) is 10.7. The maximum absolute atomic E-state index is 10.7. The highest BCUT2D eigenvalue weighted by Gasteiger charge is 2.60. The van der Waals surface area contributed by atoms with Gasteiger partial charge in [-0.3, -0.25) is 9.80 Å². The summed E-state index contributed by atoms with van der Waals surface area (Å²) >= 11 is 0. The van der Waals surface area contributed by atoms with Crippen molar-refractivity contribution in [1.82, 2.24) is 19.8 Å². The minimum Gasteiger partial charge on any atom is -0.395 e. The van der Waals surface area contributed by atoms with Crippen LogP contribution in [-0.2, 0) is 17.8 Å². The summed E-state index contributed by atoms with van der Waals surface area (Å²) in [5.74, 6) is 2.86. The van der Waals surface area contributed by atoms with Crippen LogP contribution >= 0.6 is 0 Å². The molecule has 6 rings (SSSR count). The van der Waals surface area contributed by atoms with E-state index in [4.69, 9.17) is 4.74 Å². The molecule has 6 heteroatoms. The van der Waals surface area contributed by atoms with Crippen molar-refractivity contribution in [3.8, 4) is 0 Å². The smallest absolute Gasteiger partial charge is 0.115 e. The third-order valence-electron chi connectivity index (χ3n) is 10.3. The number of piperidine rings is 2. The number of aliphatic hydroxyl groups excluding tert-OH is 1. The fourth-order valence-electron chi connectivity index (χ4n) is 8.78. The SMILES string of the molecule is COC1CCC2C(C1)CC1C2C2(CCN(Cc3cncnc3)CC2)CN(Cc2ccccc2)[C@@H]1CO. The minimum absolute atomic E-state index is 0.270. The van der Waals surface area contributed by atoms with Crippen LogP contribution in [0.5, 0.6) is 0 Å². The Hall–Kier alpha value is -1.86. The van der Waals surface area contributed by atoms with Gasteiger partial charge in [0, 0.05) is 50.7 Å². The van der Waals surface area contributed by atoms with Gasteiger partial charge in [-0.1, -0.05) is 30.3 Å². The van der Waals surface area contributed by atoms with Gasteiger partial charge in [0.2, 0.25) is 0 Å². The Balaban J connectivity index is 1.26. The first-order valence-corrected chi connectivity index (χ1v) is 14.1. The monoisotopic (exact) mass is 490 g/mol. The van der Waals surface area contributed by atoms with Crippen LogP contribution in [-0.4, -0.2) is 70.4 Å². The molecule has 3 heterocycles. The molecule has 5 unspecified atom stereocenters. The summed E-state index contributed by atoms with van der Waals surface area (Å²) < 4.78 is 5.84. The van der Waals surface area contributed by atoms with E-state index in [0.717, 1.165) is 50.5 Å². The lowest BCUT2D eigenvalue weighted by Crippen LogP contribution is -2.61. The Bertz CT molecular complexity index is 981. The van der Waals surface area contributed by atoms with E-state index in [1.54, 1.807) is 6.33 Å². The van der Waals surface area contributed by atoms with Crippen molar-refractivity contribution < 1.29 is 9.84 Å². The molecule has 1 N–H and O–H groups in total. The third kappa shape index (κ3) is 4.62. The predicted molar refractivity (Wildman–Crippen MR) is 140 cm³/mol. The molecule has 1 aromatic carbocycles. The molecule has 2 saturated carbocycles. The highest BCUT2D eigenvalue weighted by atomic mass is 16.5. The molecule has 0 amide bonds. The van der Waals surface area contributed by atoms with Crippen molar-refractivity contribution in [2.45, 2.75) is 63.8 Å². The zero-order valence-electron chi connectivity index (χ0n) is 21.7. The maximum atomic E-state index is 10.7. The van der Waals surface area contributed by atoms with E-state index in [9.17, 15) is 5.11 Å². The van der Waals surface area contributed by atoms with Gasteiger partial charge in [-0.25, -0.2) is 9.97 Å². The summed E-state index contributed by atoms with van der Waals surface area (Å²) in [6.45, 7) is 5.56. The van der Waals surface area contributed by atoms with E-state index < -0.39 is 0 Å². The second kappa shape index (κ2) is 10.5. The van der Waals surface area contributed by atoms with Crippen LogP contribution in [0.2, 0.25) is 0 Å². The Kier molecular flexibility index (Phi) is 7.13. The quantitative estimate of drug-likeness (QED) is 0.660. The fraction of sp³-hybridized carbons (Fsp3) is 0.667. The molecule has 2 aliphatic carbocycles. The van der Waals surface area contributed by atoms with Crippen molar-refractivity contribution in [2.24, 2.45) is 29.1 Å². The average molecular weight is 491 g/mol. The second-order valence-corrected chi connectivity index (χ2v) is 12.0. The first-order chi connectivity index (χ1) is 17.7. The summed E-state index contributed by atoms with van der Waals surface area (Å²) in [6, 6.07) is 11.2. The highest BCUT2D eigenvalue weighted by molar-refractivity contribution is 5.17. The van der Waals surface area contributed by atoms with Gasteiger partial charge in [-0.2, -0.15) is 0 Å². The lowest BCUT2D eigenvalue weighted by atomic mass is 9.57. The number of benzene rings is 1. The lowest BCUT2D eigenvalue weighted by Gasteiger charge is -2.58. The summed E-state index contributed by atoms with van der Waals surface area (Å²) in [4.78, 5) is 13.7. The van der Waals surface area contributed by atoms with E-state index in [-0.39, 0.29) is 12.6 Å². The molecule has 194 valence electrons. The van der Waals surface area contributed by atoms with Crippen molar-refractivity contribution in [3.63, 3.8) is 0 Å². The Morgan fingerprint density at radius 3 is 2.47 bits per heavy atom. The second-order valence-electron chi connectivity index (χ2n) is 12.0. The minimum atomic E-state index is 0.270. The molecular formula is C30H42N4O2. The molecule has 4 fully saturated rings. The molecule has 1 aromatic heterocycles. The number of fused-ring (bicyclic) bond motifs is 4. The van der Waals surface area contributed by atoms with Crippen molar-refractivity contribution in [2.75, 3.05) is 33.4 Å². The highest BCUT2D eigenvalue weighted by Crippen LogP contribution is 2.62. The normalized spacial score (nSPS) is 34.4. The van der Waals surface area contributed by atoms with Crippen molar-refractivity contribution in [3.05, 3.63) is 60.2 Å². The van der Waals surface area contributed by atoms with Gasteiger partial charge >= 0.3 is 0 Å². The first kappa shape index (κ1) is 24.5. The number of methoxy groups -OCH3 is 1. The van der Waals surface area contributed by atoms with Crippen LogP contribution in [0.4, 0.5) is 0 Å². The van der Waals surface area contributed by atoms with Crippen LogP contribution in [0.3, 0.4) is 0 Å². The van der Waals surface area contributed by atoms with Gasteiger partial charge in [0.25, 0.3) is 0 Å². The number of likely N-dealkylation sites (tertiary alicyclic amines) is 2. The number of aliphatic hydroxyl groups is 1. The molecule has 36 heavy (non-hydrogen) atoms. The third-order valence-corrected chi connectivity index (χ3v) is 10.3. The molecular weight excluding hydrogens is 448 g/mol. The number of hydrogen-bond acceptors (Lipinski definition) is 6. The van der Waals surface area contributed by atoms with E-state index in [0.29, 0.717) is 17.4 Å². The molecule has 0 bridgehead atoms. The zero-order chi connectivity index (χ0) is 24.5. The Labute approximate surface area is 216 Å². The number of aromatic nitrogens is 2. The number of rotatable bonds is 6. The summed E-state index contributed by atoms with van der Waals surface area (Å²) in [7, 11) is 1.89. The zero-order valence-corrected chi connectivity index (χ0v) is 21.7. The number of hydrogen-bond donors (Lipinski definition) is 1. The number of ether oxygens (including phenoxy) is 1. The van der Waals surface area contributed by atoms with Gasteiger partial charge < -0.3 is 9.84 Å². The molecule has 0 radical (unpaired) electrons. The standard InChI is InChI=1S/C30H42N4O2/c1-36-25-7-8-26-24(13-25)14-27-28(19-35)34(18-22-5-3-2-4-6-22)20-30(29(26)27)9-11-33(12-10-30)17-23-15-31-21-32-16-23/h2-6,15-16,21,24-29,35H,7-14,17-20H2,1H3/t24?,25?,26?,27?,28-,29?/m1/s1. The van der Waals surface area contributed by atoms with E-state index in [2.05, 4.69) is 50.1 Å². The molecule has 6 atom stereocenters. The van der Waals surface area contributed by atoms with Gasteiger partial charge in [-0.15, -0.1) is 0 Å². The summed E-state index contributed by atoms with van der Waals surface area (Å²) in [5.41, 5.74) is 2.91. The predicted octanol–water partition coefficient (Wildman–Crippen LogP) is 4.00. The average Bonchev–Trinajstić information content (AvgIpc) is 3.31. The first-order valence-electron chi connectivity index (χ1n) is 14.1. The molecule has 2 saturated heterocycles. The lowest BCUT2D eigenvalue weighted by molar-refractivity contribution is -0.110. The molecule has 6 nitrogen and oxygen atoms in total. The van der Waals surface area contributed by atoms with Crippen LogP contribution in [0.25, 0.3) is 0 Å². The van der Waals surface area contributed by atoms with E-state index in [1.165, 1.54) is 49.7 Å². The van der Waals surface area contributed by atoms with Gasteiger partial charge in [0.15, 0.2) is 0 Å². The maximum Gasteiger partial charge on any atom is 0.115 e. The molecule has 2 aliphatic heterocycles. The Morgan fingerprint density at radius 1 is 0.972 bits per heavy atom. The van der Waals surface area contributed by atoms with E-state index >= 15 is 0 Å². The van der Waals surface area contributed by atoms with E-state index in [1.807, 2.05) is 19.5 Å². The fourth-order valence-corrected chi connectivity index (χ4v) is 8.78. The van der Waals surface area contributed by atoms with Gasteiger partial charge in [0.05, 0.1) is 12.7 Å². The molecule has 4 aliphatic rings. The largest absolute Gasteiger partial charge is 0.395 e. The number of nitrogens with zero attached hydrogens (tertiary/aromatic N) is 4. The topological polar surface area (TPSA) is 61.7 Å². The van der Waals surface area contributed by atoms with Crippen LogP contribution in [0, 0.1) is 29.1 Å². The molecule has 2 aromatic rings. The van der Waals surface area contributed by atoms with Gasteiger partial charge in [-0.05, 0) is 86.3 Å².